The zero-order chi connectivity index (χ0) is 11.5. The number of aliphatic hydroxyl groups is 1. The van der Waals surface area contributed by atoms with Crippen LogP contribution in [-0.4, -0.2) is 37.0 Å². The lowest BCUT2D eigenvalue weighted by molar-refractivity contribution is 0.0696. The molecule has 2 N–H and O–H groups in total. The summed E-state index contributed by atoms with van der Waals surface area (Å²) in [4.78, 5) is 10.5. The molecule has 15 heavy (non-hydrogen) atoms. The molecule has 0 heterocycles. The second-order valence-corrected chi connectivity index (χ2v) is 4.98. The van der Waals surface area contributed by atoms with Gasteiger partial charge in [0.15, 0.2) is 9.84 Å². The molecule has 0 saturated carbocycles. The summed E-state index contributed by atoms with van der Waals surface area (Å²) in [6.45, 7) is -0.455. The number of aliphatic hydroxyl groups excluding tert-OH is 1. The topological polar surface area (TPSA) is 91.7 Å². The van der Waals surface area contributed by atoms with E-state index in [0.29, 0.717) is 0 Å². The Morgan fingerprint density at radius 1 is 1.20 bits per heavy atom. The van der Waals surface area contributed by atoms with E-state index >= 15 is 0 Å². The monoisotopic (exact) mass is 230 g/mol. The van der Waals surface area contributed by atoms with Crippen molar-refractivity contribution in [3.63, 3.8) is 0 Å². The Labute approximate surface area is 86.9 Å². The maximum atomic E-state index is 11.4. The van der Waals surface area contributed by atoms with E-state index in [0.717, 1.165) is 0 Å². The third kappa shape index (κ3) is 2.77. The first-order valence-electron chi connectivity index (χ1n) is 4.14. The lowest BCUT2D eigenvalue weighted by Crippen LogP contribution is -2.10. The van der Waals surface area contributed by atoms with Crippen LogP contribution in [0.25, 0.3) is 0 Å². The van der Waals surface area contributed by atoms with Crippen LogP contribution in [0.15, 0.2) is 29.2 Å². The number of carbonyl (C=O) groups is 1. The highest BCUT2D eigenvalue weighted by Crippen LogP contribution is 2.12. The minimum Gasteiger partial charge on any atom is -0.478 e. The number of aromatic carboxylic acids is 1. The van der Waals surface area contributed by atoms with E-state index in [4.69, 9.17) is 10.2 Å². The van der Waals surface area contributed by atoms with Crippen molar-refractivity contribution in [3.05, 3.63) is 29.8 Å². The summed E-state index contributed by atoms with van der Waals surface area (Å²) in [5.41, 5.74) is 0.0259. The minimum atomic E-state index is -3.50. The van der Waals surface area contributed by atoms with Crippen molar-refractivity contribution in [2.24, 2.45) is 0 Å². The second-order valence-electron chi connectivity index (χ2n) is 2.87. The number of hydrogen-bond acceptors (Lipinski definition) is 4. The Morgan fingerprint density at radius 3 is 2.13 bits per heavy atom. The Hall–Kier alpha value is -1.40. The molecule has 0 fully saturated rings. The first-order chi connectivity index (χ1) is 6.97. The van der Waals surface area contributed by atoms with Crippen molar-refractivity contribution in [1.29, 1.82) is 0 Å². The lowest BCUT2D eigenvalue weighted by Gasteiger charge is -2.02. The van der Waals surface area contributed by atoms with E-state index in [9.17, 15) is 13.2 Å². The molecule has 0 aliphatic rings. The average molecular weight is 230 g/mol. The number of carboxylic acids is 1. The maximum absolute atomic E-state index is 11.4. The number of benzene rings is 1. The van der Waals surface area contributed by atoms with Crippen LogP contribution in [0.5, 0.6) is 0 Å². The van der Waals surface area contributed by atoms with Crippen LogP contribution in [0.2, 0.25) is 0 Å². The largest absolute Gasteiger partial charge is 0.478 e. The summed E-state index contributed by atoms with van der Waals surface area (Å²) < 4.78 is 22.8. The standard InChI is InChI=1S/C9H10O5S/c10-5-6-15(13,14)8-3-1-7(2-4-8)9(11)12/h1-4,10H,5-6H2,(H,11,12). The van der Waals surface area contributed by atoms with E-state index in [1.165, 1.54) is 24.3 Å². The number of sulfone groups is 1. The molecule has 1 aromatic carbocycles. The molecule has 6 heteroatoms. The molecule has 0 spiro atoms. The minimum absolute atomic E-state index is 0.0153. The number of rotatable bonds is 4. The SMILES string of the molecule is O=C(O)c1ccc(S(=O)(=O)CCO)cc1. The van der Waals surface area contributed by atoms with Crippen molar-refractivity contribution >= 4 is 15.8 Å². The molecule has 0 saturated heterocycles. The van der Waals surface area contributed by atoms with Crippen molar-refractivity contribution in [2.45, 2.75) is 4.90 Å². The molecule has 0 amide bonds. The van der Waals surface area contributed by atoms with Gasteiger partial charge in [0, 0.05) is 0 Å². The number of hydrogen-bond donors (Lipinski definition) is 2. The fourth-order valence-electron chi connectivity index (χ4n) is 1.04. The number of carboxylic acid groups (broad SMARTS) is 1. The van der Waals surface area contributed by atoms with Gasteiger partial charge in [-0.25, -0.2) is 13.2 Å². The van der Waals surface area contributed by atoms with Crippen molar-refractivity contribution in [2.75, 3.05) is 12.4 Å². The van der Waals surface area contributed by atoms with Crippen LogP contribution in [0.1, 0.15) is 10.4 Å². The Balaban J connectivity index is 3.04. The molecule has 1 aromatic rings. The van der Waals surface area contributed by atoms with Gasteiger partial charge in [-0.2, -0.15) is 0 Å². The van der Waals surface area contributed by atoms with Crippen LogP contribution in [0, 0.1) is 0 Å². The van der Waals surface area contributed by atoms with Crippen LogP contribution in [0.3, 0.4) is 0 Å². The van der Waals surface area contributed by atoms with Gasteiger partial charge in [0.1, 0.15) is 0 Å². The van der Waals surface area contributed by atoms with Crippen LogP contribution < -0.4 is 0 Å². The first-order valence-corrected chi connectivity index (χ1v) is 5.79. The van der Waals surface area contributed by atoms with Gasteiger partial charge >= 0.3 is 5.97 Å². The van der Waals surface area contributed by atoms with Crippen LogP contribution >= 0.6 is 0 Å². The predicted molar refractivity (Wildman–Crippen MR) is 52.5 cm³/mol. The van der Waals surface area contributed by atoms with Gasteiger partial charge in [0.25, 0.3) is 0 Å². The third-order valence-corrected chi connectivity index (χ3v) is 3.53. The molecule has 82 valence electrons. The van der Waals surface area contributed by atoms with E-state index in [-0.39, 0.29) is 16.2 Å². The van der Waals surface area contributed by atoms with Gasteiger partial charge in [0.2, 0.25) is 0 Å². The summed E-state index contributed by atoms with van der Waals surface area (Å²) >= 11 is 0. The van der Waals surface area contributed by atoms with E-state index in [1.807, 2.05) is 0 Å². The molecule has 5 nitrogen and oxygen atoms in total. The molecule has 0 unspecified atom stereocenters. The Morgan fingerprint density at radius 2 is 1.73 bits per heavy atom. The molecule has 1 rings (SSSR count). The zero-order valence-corrected chi connectivity index (χ0v) is 8.57. The van der Waals surface area contributed by atoms with E-state index in [2.05, 4.69) is 0 Å². The van der Waals surface area contributed by atoms with E-state index in [1.54, 1.807) is 0 Å². The molecule has 0 bridgehead atoms. The van der Waals surface area contributed by atoms with Crippen molar-refractivity contribution in [3.8, 4) is 0 Å². The van der Waals surface area contributed by atoms with Gasteiger partial charge < -0.3 is 10.2 Å². The smallest absolute Gasteiger partial charge is 0.335 e. The highest BCUT2D eigenvalue weighted by atomic mass is 32.2. The molecule has 0 aliphatic carbocycles. The van der Waals surface area contributed by atoms with Crippen LogP contribution in [0.4, 0.5) is 0 Å². The predicted octanol–water partition coefficient (Wildman–Crippen LogP) is 0.151. The summed E-state index contributed by atoms with van der Waals surface area (Å²) in [7, 11) is -3.50. The second kappa shape index (κ2) is 4.41. The van der Waals surface area contributed by atoms with Gasteiger partial charge in [-0.1, -0.05) is 0 Å². The zero-order valence-electron chi connectivity index (χ0n) is 7.75. The van der Waals surface area contributed by atoms with Crippen molar-refractivity contribution < 1.29 is 23.4 Å². The van der Waals surface area contributed by atoms with Gasteiger partial charge in [-0.3, -0.25) is 0 Å². The Kier molecular flexibility index (Phi) is 3.43. The fraction of sp³-hybridized carbons (Fsp3) is 0.222. The molecular formula is C9H10O5S. The lowest BCUT2D eigenvalue weighted by atomic mass is 10.2. The quantitative estimate of drug-likeness (QED) is 0.768. The fourth-order valence-corrected chi connectivity index (χ4v) is 2.07. The average Bonchev–Trinajstić information content (AvgIpc) is 2.18. The van der Waals surface area contributed by atoms with Crippen LogP contribution in [-0.2, 0) is 9.84 Å². The van der Waals surface area contributed by atoms with Crippen molar-refractivity contribution in [1.82, 2.24) is 0 Å². The third-order valence-electron chi connectivity index (χ3n) is 1.82. The molecule has 0 aromatic heterocycles. The Bertz CT molecular complexity index is 446. The normalized spacial score (nSPS) is 11.3. The molecule has 0 atom stereocenters. The van der Waals surface area contributed by atoms with Gasteiger partial charge in [-0.15, -0.1) is 0 Å². The summed E-state index contributed by atoms with van der Waals surface area (Å²) in [6.07, 6.45) is 0. The molecule has 0 aliphatic heterocycles. The summed E-state index contributed by atoms with van der Waals surface area (Å²) in [6, 6.07) is 4.86. The highest BCUT2D eigenvalue weighted by Gasteiger charge is 2.13. The molecule has 0 radical (unpaired) electrons. The maximum Gasteiger partial charge on any atom is 0.335 e. The first kappa shape index (κ1) is 11.7. The van der Waals surface area contributed by atoms with E-state index < -0.39 is 22.4 Å². The summed E-state index contributed by atoms with van der Waals surface area (Å²) in [5.74, 6) is -1.47. The molecular weight excluding hydrogens is 220 g/mol. The van der Waals surface area contributed by atoms with Gasteiger partial charge in [0.05, 0.1) is 22.8 Å². The highest BCUT2D eigenvalue weighted by molar-refractivity contribution is 7.91. The van der Waals surface area contributed by atoms with Gasteiger partial charge in [-0.05, 0) is 24.3 Å². The summed E-state index contributed by atoms with van der Waals surface area (Å²) in [5, 5.41) is 17.1.